The van der Waals surface area contributed by atoms with Crippen LogP contribution in [-0.4, -0.2) is 52.1 Å². The quantitative estimate of drug-likeness (QED) is 0.713. The Labute approximate surface area is 169 Å². The van der Waals surface area contributed by atoms with Gasteiger partial charge < -0.3 is 19.5 Å². The molecule has 2 aliphatic rings. The van der Waals surface area contributed by atoms with Crippen molar-refractivity contribution < 1.29 is 41.3 Å². The molecule has 30 heavy (non-hydrogen) atoms. The highest BCUT2D eigenvalue weighted by atomic mass is 32.1. The first-order valence-corrected chi connectivity index (χ1v) is 9.49. The summed E-state index contributed by atoms with van der Waals surface area (Å²) in [6.45, 7) is -0.275. The lowest BCUT2D eigenvalue weighted by molar-refractivity contribution is -0.391. The molecule has 0 unspecified atom stereocenters. The van der Waals surface area contributed by atoms with Crippen molar-refractivity contribution in [2.24, 2.45) is 4.99 Å². The minimum Gasteiger partial charge on any atom is -0.421 e. The van der Waals surface area contributed by atoms with Gasteiger partial charge in [-0.3, -0.25) is 4.57 Å². The van der Waals surface area contributed by atoms with Crippen LogP contribution in [0.5, 0.6) is 11.5 Å². The number of ether oxygens (including phenoxy) is 2. The average molecular weight is 451 g/mol. The second kappa shape index (κ2) is 7.23. The number of benzene rings is 1. The van der Waals surface area contributed by atoms with E-state index in [0.717, 1.165) is 23.5 Å². The number of urea groups is 1. The molecular formula is C17H14F5N3O4S. The first-order chi connectivity index (χ1) is 14.1. The first-order valence-electron chi connectivity index (χ1n) is 8.67. The van der Waals surface area contributed by atoms with Crippen molar-refractivity contribution in [3.63, 3.8) is 0 Å². The second-order valence-electron chi connectivity index (χ2n) is 6.60. The van der Waals surface area contributed by atoms with Crippen molar-refractivity contribution in [2.75, 3.05) is 13.1 Å². The van der Waals surface area contributed by atoms with E-state index in [4.69, 9.17) is 0 Å². The SMILES string of the molecule is O=C(/N=c1\sc(CO)cn1-c1ccc2c(c1)OC(F)(F)C(F)(F)O2)N1CC[C@@H](F)C1. The van der Waals surface area contributed by atoms with E-state index in [-0.39, 0.29) is 36.6 Å². The Hall–Kier alpha value is -2.67. The Morgan fingerprint density at radius 2 is 1.93 bits per heavy atom. The number of nitrogens with zero attached hydrogens (tertiary/aromatic N) is 3. The number of amides is 2. The number of aromatic nitrogens is 1. The fourth-order valence-corrected chi connectivity index (χ4v) is 3.81. The lowest BCUT2D eigenvalue weighted by Crippen LogP contribution is -2.52. The third-order valence-electron chi connectivity index (χ3n) is 4.47. The number of carbonyl (C=O) groups is 1. The molecule has 1 saturated heterocycles. The number of carbonyl (C=O) groups excluding carboxylic acids is 1. The van der Waals surface area contributed by atoms with Gasteiger partial charge in [-0.05, 0) is 18.6 Å². The highest BCUT2D eigenvalue weighted by Gasteiger charge is 2.65. The summed E-state index contributed by atoms with van der Waals surface area (Å²) in [6.07, 6.45) is -9.25. The first kappa shape index (κ1) is 20.6. The van der Waals surface area contributed by atoms with Gasteiger partial charge in [-0.25, -0.2) is 9.18 Å². The van der Waals surface area contributed by atoms with Crippen LogP contribution in [0.4, 0.5) is 26.7 Å². The molecule has 2 aromatic rings. The summed E-state index contributed by atoms with van der Waals surface area (Å²) in [6, 6.07) is 2.60. The number of rotatable bonds is 2. The van der Waals surface area contributed by atoms with Crippen LogP contribution in [-0.2, 0) is 6.61 Å². The Morgan fingerprint density at radius 1 is 1.23 bits per heavy atom. The van der Waals surface area contributed by atoms with Gasteiger partial charge in [0.1, 0.15) is 6.17 Å². The largest absolute Gasteiger partial charge is 0.507 e. The maximum Gasteiger partial charge on any atom is 0.507 e. The summed E-state index contributed by atoms with van der Waals surface area (Å²) in [5.74, 6) is -1.22. The normalized spacial score (nSPS) is 22.4. The molecular weight excluding hydrogens is 437 g/mol. The number of halogens is 5. The molecule has 0 saturated carbocycles. The minimum absolute atomic E-state index is 0.0696. The molecule has 0 aliphatic carbocycles. The zero-order valence-electron chi connectivity index (χ0n) is 15.0. The van der Waals surface area contributed by atoms with Crippen molar-refractivity contribution in [2.45, 2.75) is 31.4 Å². The smallest absolute Gasteiger partial charge is 0.421 e. The maximum absolute atomic E-state index is 13.5. The fraction of sp³-hybridized carbons (Fsp3) is 0.412. The highest BCUT2D eigenvalue weighted by Crippen LogP contribution is 2.47. The third-order valence-corrected chi connectivity index (χ3v) is 5.44. The van der Waals surface area contributed by atoms with Crippen LogP contribution in [0.25, 0.3) is 5.69 Å². The van der Waals surface area contributed by atoms with E-state index in [9.17, 15) is 31.9 Å². The molecule has 7 nitrogen and oxygen atoms in total. The lowest BCUT2D eigenvalue weighted by atomic mass is 10.2. The predicted molar refractivity (Wildman–Crippen MR) is 92.8 cm³/mol. The highest BCUT2D eigenvalue weighted by molar-refractivity contribution is 7.09. The number of likely N-dealkylation sites (tertiary alicyclic amines) is 1. The van der Waals surface area contributed by atoms with Crippen LogP contribution in [0.15, 0.2) is 29.4 Å². The number of aliphatic hydroxyl groups excluding tert-OH is 1. The zero-order chi connectivity index (χ0) is 21.7. The molecule has 13 heteroatoms. The van der Waals surface area contributed by atoms with Gasteiger partial charge in [0.15, 0.2) is 16.3 Å². The summed E-state index contributed by atoms with van der Waals surface area (Å²) >= 11 is 0.944. The third kappa shape index (κ3) is 3.62. The van der Waals surface area contributed by atoms with E-state index < -0.39 is 35.9 Å². The van der Waals surface area contributed by atoms with Gasteiger partial charge in [0.05, 0.1) is 23.7 Å². The standard InChI is InChI=1S/C17H14F5N3O4S/c18-9-3-4-24(6-9)14(27)23-15-25(7-11(8-26)30-15)10-1-2-12-13(5-10)29-17(21,22)16(19,20)28-12/h1-2,5,7,9,26H,3-4,6,8H2/b23-15-/t9-/m1/s1. The predicted octanol–water partition coefficient (Wildman–Crippen LogP) is 3.05. The summed E-state index contributed by atoms with van der Waals surface area (Å²) in [7, 11) is 0. The molecule has 2 aliphatic heterocycles. The molecule has 0 bridgehead atoms. The van der Waals surface area contributed by atoms with Crippen molar-refractivity contribution in [1.29, 1.82) is 0 Å². The summed E-state index contributed by atoms with van der Waals surface area (Å²) in [5, 5.41) is 9.40. The Balaban J connectivity index is 1.72. The summed E-state index contributed by atoms with van der Waals surface area (Å²) in [5.41, 5.74) is 0.144. The molecule has 4 rings (SSSR count). The Morgan fingerprint density at radius 3 is 2.57 bits per heavy atom. The molecule has 0 spiro atoms. The molecule has 3 heterocycles. The molecule has 1 N–H and O–H groups in total. The monoisotopic (exact) mass is 451 g/mol. The molecule has 162 valence electrons. The van der Waals surface area contributed by atoms with Gasteiger partial charge in [-0.1, -0.05) is 11.3 Å². The number of alkyl halides is 5. The van der Waals surface area contributed by atoms with E-state index in [1.54, 1.807) is 0 Å². The Kier molecular flexibility index (Phi) is 4.97. The topological polar surface area (TPSA) is 76.3 Å². The van der Waals surface area contributed by atoms with E-state index in [0.29, 0.717) is 4.88 Å². The van der Waals surface area contributed by atoms with Gasteiger partial charge in [0.25, 0.3) is 0 Å². The minimum atomic E-state index is -4.88. The number of aliphatic hydroxyl groups is 1. The van der Waals surface area contributed by atoms with Gasteiger partial charge in [0.2, 0.25) is 0 Å². The summed E-state index contributed by atoms with van der Waals surface area (Å²) in [4.78, 5) is 17.9. The van der Waals surface area contributed by atoms with Gasteiger partial charge in [-0.15, -0.1) is 0 Å². The van der Waals surface area contributed by atoms with Crippen LogP contribution in [0.1, 0.15) is 11.3 Å². The van der Waals surface area contributed by atoms with E-state index in [1.165, 1.54) is 21.7 Å². The van der Waals surface area contributed by atoms with Crippen molar-refractivity contribution in [3.8, 4) is 17.2 Å². The second-order valence-corrected chi connectivity index (χ2v) is 7.70. The summed E-state index contributed by atoms with van der Waals surface area (Å²) < 4.78 is 76.4. The van der Waals surface area contributed by atoms with E-state index in [1.807, 2.05) is 0 Å². The zero-order valence-corrected chi connectivity index (χ0v) is 15.8. The molecule has 1 aromatic carbocycles. The van der Waals surface area contributed by atoms with Crippen molar-refractivity contribution in [1.82, 2.24) is 9.47 Å². The molecule has 2 amide bonds. The van der Waals surface area contributed by atoms with Crippen LogP contribution in [0.2, 0.25) is 0 Å². The van der Waals surface area contributed by atoms with Crippen molar-refractivity contribution >= 4 is 17.4 Å². The van der Waals surface area contributed by atoms with E-state index >= 15 is 0 Å². The lowest BCUT2D eigenvalue weighted by Gasteiger charge is -2.31. The van der Waals surface area contributed by atoms with Crippen LogP contribution < -0.4 is 14.3 Å². The van der Waals surface area contributed by atoms with Crippen LogP contribution in [0, 0.1) is 0 Å². The van der Waals surface area contributed by atoms with Crippen molar-refractivity contribution in [3.05, 3.63) is 34.1 Å². The van der Waals surface area contributed by atoms with Gasteiger partial charge in [0, 0.05) is 18.8 Å². The molecule has 1 atom stereocenters. The van der Waals surface area contributed by atoms with Crippen LogP contribution >= 0.6 is 11.3 Å². The van der Waals surface area contributed by atoms with E-state index in [2.05, 4.69) is 14.5 Å². The van der Waals surface area contributed by atoms with Gasteiger partial charge >= 0.3 is 18.2 Å². The Bertz CT molecular complexity index is 1050. The average Bonchev–Trinajstić information content (AvgIpc) is 3.28. The molecule has 1 fully saturated rings. The number of hydrogen-bond acceptors (Lipinski definition) is 5. The molecule has 1 aromatic heterocycles. The van der Waals surface area contributed by atoms with Gasteiger partial charge in [-0.2, -0.15) is 22.6 Å². The number of hydrogen-bond donors (Lipinski definition) is 1. The number of thiazole rings is 1. The van der Waals surface area contributed by atoms with Crippen LogP contribution in [0.3, 0.4) is 0 Å². The molecule has 0 radical (unpaired) electrons. The number of fused-ring (bicyclic) bond motifs is 1. The maximum atomic E-state index is 13.5. The fourth-order valence-electron chi connectivity index (χ4n) is 2.98.